The fraction of sp³-hybridized carbons (Fsp3) is 0.150. The third kappa shape index (κ3) is 6.17. The van der Waals surface area contributed by atoms with Crippen molar-refractivity contribution in [3.63, 3.8) is 0 Å². The van der Waals surface area contributed by atoms with Gasteiger partial charge in [0.1, 0.15) is 5.82 Å². The number of amides is 2. The third-order valence-corrected chi connectivity index (χ3v) is 3.95. The predicted octanol–water partition coefficient (Wildman–Crippen LogP) is 2.20. The Balaban J connectivity index is 1.93. The molecule has 0 fully saturated rings. The van der Waals surface area contributed by atoms with Gasteiger partial charge < -0.3 is 14.2 Å². The van der Waals surface area contributed by atoms with E-state index in [0.717, 1.165) is 0 Å². The molecule has 8 nitrogen and oxygen atoms in total. The van der Waals surface area contributed by atoms with Gasteiger partial charge in [0.2, 0.25) is 11.7 Å². The zero-order valence-electron chi connectivity index (χ0n) is 16.4. The molecule has 0 aliphatic heterocycles. The highest BCUT2D eigenvalue weighted by Gasteiger charge is 2.17. The highest BCUT2D eigenvalue weighted by atomic mass is 32.1. The van der Waals surface area contributed by atoms with E-state index in [9.17, 15) is 14.0 Å². The van der Waals surface area contributed by atoms with E-state index in [4.69, 9.17) is 26.4 Å². The quantitative estimate of drug-likeness (QED) is 0.365. The lowest BCUT2D eigenvalue weighted by molar-refractivity contribution is -0.115. The van der Waals surface area contributed by atoms with E-state index in [1.165, 1.54) is 69.9 Å². The number of benzene rings is 2. The van der Waals surface area contributed by atoms with Crippen molar-refractivity contribution in [2.24, 2.45) is 0 Å². The first-order chi connectivity index (χ1) is 14.4. The zero-order valence-corrected chi connectivity index (χ0v) is 17.3. The van der Waals surface area contributed by atoms with Crippen molar-refractivity contribution in [3.8, 4) is 17.2 Å². The summed E-state index contributed by atoms with van der Waals surface area (Å²) in [5, 5.41) is 2.25. The first kappa shape index (κ1) is 22.6. The molecule has 0 saturated heterocycles. The maximum atomic E-state index is 12.9. The number of methoxy groups -OCH3 is 3. The standard InChI is InChI=1S/C20H20FN3O5S/c1-27-15-10-13(11-16(28-2)18(15)29-3)19(26)23-24-20(30)22-17(25)9-6-12-4-7-14(21)8-5-12/h4-11H,1-3H3,(H,23,26)(H2,22,24,25,30)/b9-6+. The number of nitrogens with one attached hydrogen (secondary N) is 3. The fourth-order valence-electron chi connectivity index (χ4n) is 2.33. The van der Waals surface area contributed by atoms with Gasteiger partial charge in [-0.2, -0.15) is 0 Å². The molecular weight excluding hydrogens is 413 g/mol. The number of rotatable bonds is 6. The monoisotopic (exact) mass is 433 g/mol. The summed E-state index contributed by atoms with van der Waals surface area (Å²) < 4.78 is 28.5. The summed E-state index contributed by atoms with van der Waals surface area (Å²) in [5.41, 5.74) is 5.64. The Kier molecular flexibility index (Phi) is 8.12. The molecule has 0 bridgehead atoms. The smallest absolute Gasteiger partial charge is 0.269 e. The second-order valence-electron chi connectivity index (χ2n) is 5.70. The molecule has 0 aliphatic rings. The highest BCUT2D eigenvalue weighted by Crippen LogP contribution is 2.38. The number of hydrazine groups is 1. The summed E-state index contributed by atoms with van der Waals surface area (Å²) >= 11 is 4.97. The number of thiocarbonyl (C=S) groups is 1. The van der Waals surface area contributed by atoms with Crippen LogP contribution < -0.4 is 30.4 Å². The number of hydrogen-bond acceptors (Lipinski definition) is 6. The van der Waals surface area contributed by atoms with Crippen LogP contribution in [0.5, 0.6) is 17.2 Å². The second kappa shape index (κ2) is 10.8. The molecule has 0 spiro atoms. The maximum absolute atomic E-state index is 12.9. The lowest BCUT2D eigenvalue weighted by Crippen LogP contribution is -2.48. The Hall–Kier alpha value is -3.66. The maximum Gasteiger partial charge on any atom is 0.269 e. The molecule has 2 aromatic rings. The number of ether oxygens (including phenoxy) is 3. The second-order valence-corrected chi connectivity index (χ2v) is 6.10. The van der Waals surface area contributed by atoms with E-state index in [0.29, 0.717) is 22.8 Å². The Labute approximate surface area is 178 Å². The fourth-order valence-corrected chi connectivity index (χ4v) is 2.48. The predicted molar refractivity (Wildman–Crippen MR) is 113 cm³/mol. The molecule has 0 saturated carbocycles. The van der Waals surface area contributed by atoms with Gasteiger partial charge in [0.15, 0.2) is 16.6 Å². The van der Waals surface area contributed by atoms with Crippen molar-refractivity contribution in [3.05, 3.63) is 59.4 Å². The molecule has 2 rings (SSSR count). The van der Waals surface area contributed by atoms with Crippen molar-refractivity contribution in [2.75, 3.05) is 21.3 Å². The van der Waals surface area contributed by atoms with Crippen molar-refractivity contribution in [1.29, 1.82) is 0 Å². The molecule has 0 aliphatic carbocycles. The van der Waals surface area contributed by atoms with Gasteiger partial charge in [-0.05, 0) is 48.1 Å². The summed E-state index contributed by atoms with van der Waals surface area (Å²) in [6.07, 6.45) is 2.72. The topological polar surface area (TPSA) is 97.9 Å². The minimum Gasteiger partial charge on any atom is -0.493 e. The van der Waals surface area contributed by atoms with Crippen LogP contribution >= 0.6 is 12.2 Å². The van der Waals surface area contributed by atoms with Crippen LogP contribution in [0.4, 0.5) is 4.39 Å². The van der Waals surface area contributed by atoms with Crippen LogP contribution in [0.15, 0.2) is 42.5 Å². The number of hydrogen-bond donors (Lipinski definition) is 3. The lowest BCUT2D eigenvalue weighted by Gasteiger charge is -2.14. The number of halogens is 1. The van der Waals surface area contributed by atoms with Crippen molar-refractivity contribution in [2.45, 2.75) is 0 Å². The summed E-state index contributed by atoms with van der Waals surface area (Å²) in [5.74, 6) is -0.482. The highest BCUT2D eigenvalue weighted by molar-refractivity contribution is 7.80. The van der Waals surface area contributed by atoms with Crippen LogP contribution in [0, 0.1) is 5.82 Å². The minimum atomic E-state index is -0.548. The molecule has 0 heterocycles. The molecule has 10 heteroatoms. The third-order valence-electron chi connectivity index (χ3n) is 3.75. The molecular formula is C20H20FN3O5S. The van der Waals surface area contributed by atoms with Gasteiger partial charge in [-0.25, -0.2) is 4.39 Å². The minimum absolute atomic E-state index is 0.121. The molecule has 0 atom stereocenters. The van der Waals surface area contributed by atoms with Gasteiger partial charge in [0.05, 0.1) is 21.3 Å². The molecule has 0 aromatic heterocycles. The van der Waals surface area contributed by atoms with E-state index >= 15 is 0 Å². The molecule has 3 N–H and O–H groups in total. The molecule has 30 heavy (non-hydrogen) atoms. The number of carbonyl (C=O) groups excluding carboxylic acids is 2. The number of carbonyl (C=O) groups is 2. The summed E-state index contributed by atoms with van der Waals surface area (Å²) in [7, 11) is 4.32. The first-order valence-corrected chi connectivity index (χ1v) is 8.93. The van der Waals surface area contributed by atoms with Gasteiger partial charge in [0, 0.05) is 11.6 Å². The van der Waals surface area contributed by atoms with E-state index in [1.54, 1.807) is 0 Å². The molecule has 0 unspecified atom stereocenters. The van der Waals surface area contributed by atoms with Gasteiger partial charge in [-0.1, -0.05) is 12.1 Å². The molecule has 2 amide bonds. The van der Waals surface area contributed by atoms with E-state index in [1.807, 2.05) is 0 Å². The van der Waals surface area contributed by atoms with Gasteiger partial charge in [-0.3, -0.25) is 25.8 Å². The van der Waals surface area contributed by atoms with Crippen LogP contribution in [-0.2, 0) is 4.79 Å². The van der Waals surface area contributed by atoms with E-state index in [-0.39, 0.29) is 16.5 Å². The average Bonchev–Trinajstić information content (AvgIpc) is 2.75. The normalized spacial score (nSPS) is 10.3. The Bertz CT molecular complexity index is 938. The molecule has 2 aromatic carbocycles. The lowest BCUT2D eigenvalue weighted by atomic mass is 10.1. The average molecular weight is 433 g/mol. The molecule has 158 valence electrons. The van der Waals surface area contributed by atoms with Crippen molar-refractivity contribution >= 4 is 35.2 Å². The van der Waals surface area contributed by atoms with Crippen LogP contribution in [0.25, 0.3) is 6.08 Å². The largest absolute Gasteiger partial charge is 0.493 e. The van der Waals surface area contributed by atoms with Gasteiger partial charge in [-0.15, -0.1) is 0 Å². The van der Waals surface area contributed by atoms with Gasteiger partial charge >= 0.3 is 0 Å². The van der Waals surface area contributed by atoms with E-state index in [2.05, 4.69) is 16.2 Å². The first-order valence-electron chi connectivity index (χ1n) is 8.53. The van der Waals surface area contributed by atoms with E-state index < -0.39 is 11.8 Å². The summed E-state index contributed by atoms with van der Waals surface area (Å²) in [6.45, 7) is 0. The SMILES string of the molecule is COc1cc(C(=O)NNC(=S)NC(=O)/C=C/c2ccc(F)cc2)cc(OC)c1OC. The van der Waals surface area contributed by atoms with Crippen LogP contribution in [-0.4, -0.2) is 38.3 Å². The van der Waals surface area contributed by atoms with Gasteiger partial charge in [0.25, 0.3) is 5.91 Å². The Morgan fingerprint density at radius 1 is 0.967 bits per heavy atom. The van der Waals surface area contributed by atoms with Crippen LogP contribution in [0.2, 0.25) is 0 Å². The van der Waals surface area contributed by atoms with Crippen molar-refractivity contribution < 1.29 is 28.2 Å². The van der Waals surface area contributed by atoms with Crippen molar-refractivity contribution in [1.82, 2.24) is 16.2 Å². The molecule has 0 radical (unpaired) electrons. The Morgan fingerprint density at radius 3 is 2.10 bits per heavy atom. The summed E-state index contributed by atoms with van der Waals surface area (Å²) in [6, 6.07) is 8.53. The van der Waals surface area contributed by atoms with Crippen LogP contribution in [0.3, 0.4) is 0 Å². The van der Waals surface area contributed by atoms with Crippen LogP contribution in [0.1, 0.15) is 15.9 Å². The summed E-state index contributed by atoms with van der Waals surface area (Å²) in [4.78, 5) is 24.3. The zero-order chi connectivity index (χ0) is 22.1. The Morgan fingerprint density at radius 2 is 1.57 bits per heavy atom.